The first-order valence-electron chi connectivity index (χ1n) is 6.60. The normalized spacial score (nSPS) is 31.8. The van der Waals surface area contributed by atoms with Crippen LogP contribution in [0.3, 0.4) is 0 Å². The molecule has 0 radical (unpaired) electrons. The molecule has 1 aromatic heterocycles. The standard InChI is InChI=1S/C12H19N3O3S/c1-7-4-10-5-13-6-11(10)15(7)19(16,17)12-8(2)14-18-9(12)3/h7,10-11,13H,4-6H2,1-3H3. The second-order valence-electron chi connectivity index (χ2n) is 5.56. The van der Waals surface area contributed by atoms with Crippen molar-refractivity contribution in [1.82, 2.24) is 14.8 Å². The third-order valence-electron chi connectivity index (χ3n) is 4.21. The Labute approximate surface area is 113 Å². The average molecular weight is 285 g/mol. The van der Waals surface area contributed by atoms with Crippen molar-refractivity contribution >= 4 is 10.0 Å². The molecule has 0 aromatic carbocycles. The number of fused-ring (bicyclic) bond motifs is 1. The Morgan fingerprint density at radius 3 is 2.74 bits per heavy atom. The van der Waals surface area contributed by atoms with E-state index in [1.165, 1.54) is 0 Å². The van der Waals surface area contributed by atoms with E-state index in [0.717, 1.165) is 19.5 Å². The number of rotatable bonds is 2. The van der Waals surface area contributed by atoms with E-state index in [-0.39, 0.29) is 17.0 Å². The fourth-order valence-electron chi connectivity index (χ4n) is 3.49. The van der Waals surface area contributed by atoms with Gasteiger partial charge < -0.3 is 9.84 Å². The minimum atomic E-state index is -3.52. The van der Waals surface area contributed by atoms with Crippen LogP contribution in [0.2, 0.25) is 0 Å². The molecule has 2 fully saturated rings. The molecular weight excluding hydrogens is 266 g/mol. The summed E-state index contributed by atoms with van der Waals surface area (Å²) in [4.78, 5) is 0.242. The minimum absolute atomic E-state index is 0.0378. The maximum Gasteiger partial charge on any atom is 0.249 e. The Kier molecular flexibility index (Phi) is 2.95. The summed E-state index contributed by atoms with van der Waals surface area (Å²) in [5.41, 5.74) is 0.444. The van der Waals surface area contributed by atoms with E-state index in [1.807, 2.05) is 6.92 Å². The van der Waals surface area contributed by atoms with Crippen molar-refractivity contribution in [3.05, 3.63) is 11.5 Å². The summed E-state index contributed by atoms with van der Waals surface area (Å²) in [6.07, 6.45) is 0.917. The molecule has 106 valence electrons. The summed E-state index contributed by atoms with van der Waals surface area (Å²) in [5, 5.41) is 7.04. The lowest BCUT2D eigenvalue weighted by molar-refractivity contribution is 0.334. The highest BCUT2D eigenvalue weighted by molar-refractivity contribution is 7.89. The van der Waals surface area contributed by atoms with Gasteiger partial charge in [0.25, 0.3) is 0 Å². The molecule has 0 spiro atoms. The molecule has 3 heterocycles. The molecule has 3 unspecified atom stereocenters. The van der Waals surface area contributed by atoms with Gasteiger partial charge in [-0.25, -0.2) is 8.42 Å². The van der Waals surface area contributed by atoms with Gasteiger partial charge in [0.15, 0.2) is 5.76 Å². The summed E-state index contributed by atoms with van der Waals surface area (Å²) in [6.45, 7) is 6.95. The number of nitrogens with zero attached hydrogens (tertiary/aromatic N) is 2. The lowest BCUT2D eigenvalue weighted by Crippen LogP contribution is -2.42. The van der Waals surface area contributed by atoms with E-state index in [9.17, 15) is 8.42 Å². The zero-order valence-electron chi connectivity index (χ0n) is 11.4. The second-order valence-corrected chi connectivity index (χ2v) is 7.34. The summed E-state index contributed by atoms with van der Waals surface area (Å²) in [7, 11) is -3.52. The van der Waals surface area contributed by atoms with Crippen LogP contribution in [0.1, 0.15) is 24.8 Å². The predicted molar refractivity (Wildman–Crippen MR) is 69.2 cm³/mol. The first-order chi connectivity index (χ1) is 8.93. The van der Waals surface area contributed by atoms with Crippen molar-refractivity contribution in [2.45, 2.75) is 44.2 Å². The first-order valence-corrected chi connectivity index (χ1v) is 8.04. The van der Waals surface area contributed by atoms with Crippen LogP contribution >= 0.6 is 0 Å². The molecule has 7 heteroatoms. The van der Waals surface area contributed by atoms with Crippen LogP contribution < -0.4 is 5.32 Å². The van der Waals surface area contributed by atoms with Crippen molar-refractivity contribution in [3.63, 3.8) is 0 Å². The Balaban J connectivity index is 2.05. The number of hydrogen-bond donors (Lipinski definition) is 1. The van der Waals surface area contributed by atoms with Crippen LogP contribution in [0.5, 0.6) is 0 Å². The molecule has 0 bridgehead atoms. The third kappa shape index (κ3) is 1.83. The highest BCUT2D eigenvalue weighted by Crippen LogP contribution is 2.37. The molecule has 6 nitrogen and oxygen atoms in total. The van der Waals surface area contributed by atoms with Gasteiger partial charge in [0.1, 0.15) is 10.6 Å². The number of aromatic nitrogens is 1. The Morgan fingerprint density at radius 2 is 2.11 bits per heavy atom. The maximum absolute atomic E-state index is 12.9. The van der Waals surface area contributed by atoms with Gasteiger partial charge in [-0.1, -0.05) is 5.16 Å². The highest BCUT2D eigenvalue weighted by Gasteiger charge is 2.49. The van der Waals surface area contributed by atoms with Crippen LogP contribution in [-0.4, -0.2) is 43.1 Å². The molecule has 2 saturated heterocycles. The summed E-state index contributed by atoms with van der Waals surface area (Å²) < 4.78 is 32.5. The van der Waals surface area contributed by atoms with Crippen LogP contribution in [0.15, 0.2) is 9.42 Å². The third-order valence-corrected chi connectivity index (χ3v) is 6.50. The average Bonchev–Trinajstić information content (AvgIpc) is 2.92. The van der Waals surface area contributed by atoms with Gasteiger partial charge in [-0.3, -0.25) is 0 Å². The second kappa shape index (κ2) is 4.29. The fraction of sp³-hybridized carbons (Fsp3) is 0.750. The molecule has 3 atom stereocenters. The Morgan fingerprint density at radius 1 is 1.37 bits per heavy atom. The molecule has 2 aliphatic heterocycles. The maximum atomic E-state index is 12.9. The Hall–Kier alpha value is -0.920. The molecule has 0 saturated carbocycles. The molecule has 3 rings (SSSR count). The van der Waals surface area contributed by atoms with Crippen molar-refractivity contribution < 1.29 is 12.9 Å². The van der Waals surface area contributed by atoms with Crippen LogP contribution in [0.25, 0.3) is 0 Å². The summed E-state index contributed by atoms with van der Waals surface area (Å²) in [5.74, 6) is 0.796. The van der Waals surface area contributed by atoms with Gasteiger partial charge in [0.05, 0.1) is 0 Å². The van der Waals surface area contributed by atoms with Gasteiger partial charge in [0, 0.05) is 18.6 Å². The molecule has 19 heavy (non-hydrogen) atoms. The predicted octanol–water partition coefficient (Wildman–Crippen LogP) is 0.662. The van der Waals surface area contributed by atoms with E-state index in [4.69, 9.17) is 4.52 Å². The number of nitrogens with one attached hydrogen (secondary N) is 1. The smallest absolute Gasteiger partial charge is 0.249 e. The van der Waals surface area contributed by atoms with Crippen LogP contribution in [-0.2, 0) is 10.0 Å². The fourth-order valence-corrected chi connectivity index (χ4v) is 5.67. The highest BCUT2D eigenvalue weighted by atomic mass is 32.2. The van der Waals surface area contributed by atoms with E-state index in [0.29, 0.717) is 17.4 Å². The molecule has 1 N–H and O–H groups in total. The van der Waals surface area contributed by atoms with Crippen molar-refractivity contribution in [2.75, 3.05) is 13.1 Å². The summed E-state index contributed by atoms with van der Waals surface area (Å²) >= 11 is 0. The zero-order chi connectivity index (χ0) is 13.8. The van der Waals surface area contributed by atoms with Gasteiger partial charge in [-0.15, -0.1) is 0 Å². The van der Waals surface area contributed by atoms with E-state index >= 15 is 0 Å². The molecule has 0 amide bonds. The SMILES string of the molecule is Cc1noc(C)c1S(=O)(=O)N1C(C)CC2CNCC21. The minimum Gasteiger partial charge on any atom is -0.360 e. The number of sulfonamides is 1. The quantitative estimate of drug-likeness (QED) is 0.864. The molecule has 1 aromatic rings. The van der Waals surface area contributed by atoms with Gasteiger partial charge in [-0.2, -0.15) is 4.31 Å². The van der Waals surface area contributed by atoms with Gasteiger partial charge in [0.2, 0.25) is 10.0 Å². The molecule has 2 aliphatic rings. The number of hydrogen-bond acceptors (Lipinski definition) is 5. The zero-order valence-corrected chi connectivity index (χ0v) is 12.2. The first kappa shape index (κ1) is 13.1. The van der Waals surface area contributed by atoms with Crippen LogP contribution in [0.4, 0.5) is 0 Å². The molecular formula is C12H19N3O3S. The molecule has 0 aliphatic carbocycles. The van der Waals surface area contributed by atoms with Gasteiger partial charge >= 0.3 is 0 Å². The monoisotopic (exact) mass is 285 g/mol. The van der Waals surface area contributed by atoms with E-state index in [1.54, 1.807) is 18.2 Å². The van der Waals surface area contributed by atoms with Crippen molar-refractivity contribution in [3.8, 4) is 0 Å². The van der Waals surface area contributed by atoms with Gasteiger partial charge in [-0.05, 0) is 39.7 Å². The summed E-state index contributed by atoms with van der Waals surface area (Å²) in [6, 6.07) is 0.101. The van der Waals surface area contributed by atoms with E-state index in [2.05, 4.69) is 10.5 Å². The Bertz CT molecular complexity index is 576. The largest absolute Gasteiger partial charge is 0.360 e. The van der Waals surface area contributed by atoms with Crippen molar-refractivity contribution in [1.29, 1.82) is 0 Å². The lowest BCUT2D eigenvalue weighted by Gasteiger charge is -2.26. The van der Waals surface area contributed by atoms with Crippen molar-refractivity contribution in [2.24, 2.45) is 5.92 Å². The van der Waals surface area contributed by atoms with Crippen LogP contribution in [0, 0.1) is 19.8 Å². The number of aryl methyl sites for hydroxylation is 2. The topological polar surface area (TPSA) is 75.4 Å². The lowest BCUT2D eigenvalue weighted by atomic mass is 10.0. The van der Waals surface area contributed by atoms with E-state index < -0.39 is 10.0 Å².